The van der Waals surface area contributed by atoms with Crippen molar-refractivity contribution < 1.29 is 37.6 Å². The molecular formula is C22H22F3N5O4. The van der Waals surface area contributed by atoms with E-state index < -0.39 is 18.1 Å². The third-order valence-corrected chi connectivity index (χ3v) is 5.32. The zero-order chi connectivity index (χ0) is 25.0. The second-order valence-corrected chi connectivity index (χ2v) is 7.76. The van der Waals surface area contributed by atoms with Crippen LogP contribution >= 0.6 is 0 Å². The van der Waals surface area contributed by atoms with E-state index >= 15 is 0 Å². The van der Waals surface area contributed by atoms with Gasteiger partial charge in [-0.15, -0.1) is 0 Å². The normalized spacial score (nSPS) is 14.4. The number of quaternary nitrogens is 1. The molecule has 1 aliphatic heterocycles. The predicted molar refractivity (Wildman–Crippen MR) is 113 cm³/mol. The number of nitrogens with two attached hydrogens (primary N) is 1. The number of nitrogens with zero attached hydrogens (tertiary/aromatic N) is 3. The molecule has 9 nitrogen and oxygen atoms in total. The smallest absolute Gasteiger partial charge is 0.430 e. The predicted octanol–water partition coefficient (Wildman–Crippen LogP) is -0.606. The van der Waals surface area contributed by atoms with Crippen molar-refractivity contribution in [3.63, 3.8) is 0 Å². The van der Waals surface area contributed by atoms with E-state index in [1.165, 1.54) is 4.90 Å². The number of carboxylic acids is 1. The van der Waals surface area contributed by atoms with Gasteiger partial charge >= 0.3 is 6.18 Å². The first-order chi connectivity index (χ1) is 16.0. The van der Waals surface area contributed by atoms with Crippen LogP contribution in [0.2, 0.25) is 0 Å². The number of hydrogen-bond donors (Lipinski definition) is 2. The number of halogens is 3. The molecule has 1 saturated heterocycles. The molecule has 2 amide bonds. The number of amides is 2. The van der Waals surface area contributed by atoms with Gasteiger partial charge in [0.25, 0.3) is 11.8 Å². The Morgan fingerprint density at radius 3 is 2.18 bits per heavy atom. The number of nitrogens with one attached hydrogen (secondary N) is 1. The number of aliphatic carboxylic acids is 1. The first kappa shape index (κ1) is 24.7. The van der Waals surface area contributed by atoms with Gasteiger partial charge in [0.15, 0.2) is 0 Å². The lowest BCUT2D eigenvalue weighted by atomic mass is 10.1. The second kappa shape index (κ2) is 9.91. The van der Waals surface area contributed by atoms with Gasteiger partial charge in [-0.2, -0.15) is 18.3 Å². The van der Waals surface area contributed by atoms with Crippen LogP contribution in [0.3, 0.4) is 0 Å². The van der Waals surface area contributed by atoms with Crippen LogP contribution in [0.5, 0.6) is 0 Å². The molecule has 34 heavy (non-hydrogen) atoms. The maximum absolute atomic E-state index is 12.7. The van der Waals surface area contributed by atoms with Crippen LogP contribution in [0.4, 0.5) is 13.2 Å². The molecule has 3 aromatic rings. The quantitative estimate of drug-likeness (QED) is 0.521. The van der Waals surface area contributed by atoms with Gasteiger partial charge < -0.3 is 25.4 Å². The van der Waals surface area contributed by atoms with Crippen LogP contribution < -0.4 is 15.7 Å². The fraction of sp³-hybridized carbons (Fsp3) is 0.273. The number of primary amides is 1. The minimum Gasteiger partial charge on any atom is -0.542 e. The van der Waals surface area contributed by atoms with Crippen LogP contribution in [-0.2, 0) is 4.79 Å². The summed E-state index contributed by atoms with van der Waals surface area (Å²) in [4.78, 5) is 36.4. The molecule has 0 radical (unpaired) electrons. The van der Waals surface area contributed by atoms with Crippen molar-refractivity contribution in [1.82, 2.24) is 14.7 Å². The summed E-state index contributed by atoms with van der Waals surface area (Å²) in [5.74, 6) is -3.44. The summed E-state index contributed by atoms with van der Waals surface area (Å²) in [7, 11) is 2.15. The Balaban J connectivity index is 0.000000406. The molecule has 4 rings (SSSR count). The standard InChI is InChI=1S/C20H21N5O2.C2HF3O2/c1-23-9-11-24(12-10-23)20(27)14-5-7-16(8-6-14)25-13-15-3-2-4-17(19(21)26)18(15)22-25;3-2(4,5)1(6)7/h2-8,13H,9-12H2,1H3,(H2,21,26);(H,6,7). The van der Waals surface area contributed by atoms with Crippen LogP contribution in [0.1, 0.15) is 20.7 Å². The van der Waals surface area contributed by atoms with E-state index in [0.29, 0.717) is 16.6 Å². The SMILES string of the molecule is C[NH+]1CCN(C(=O)c2ccc(-n3cc4cccc(C(N)=O)c4n3)cc2)CC1.O=C([O-])C(F)(F)F. The van der Waals surface area contributed by atoms with Gasteiger partial charge in [-0.3, -0.25) is 9.59 Å². The van der Waals surface area contributed by atoms with Crippen molar-refractivity contribution in [2.45, 2.75) is 6.18 Å². The van der Waals surface area contributed by atoms with E-state index in [-0.39, 0.29) is 5.91 Å². The van der Waals surface area contributed by atoms with Gasteiger partial charge in [-0.05, 0) is 30.3 Å². The Hall–Kier alpha value is -3.93. The number of fused-ring (bicyclic) bond motifs is 1. The summed E-state index contributed by atoms with van der Waals surface area (Å²) < 4.78 is 33.2. The molecule has 0 aliphatic carbocycles. The molecule has 1 aromatic heterocycles. The molecule has 1 aliphatic rings. The van der Waals surface area contributed by atoms with Crippen molar-refractivity contribution >= 4 is 28.7 Å². The highest BCUT2D eigenvalue weighted by Crippen LogP contribution is 2.20. The number of carboxylic acid groups (broad SMARTS) is 1. The summed E-state index contributed by atoms with van der Waals surface area (Å²) in [6, 6.07) is 12.7. The first-order valence-corrected chi connectivity index (χ1v) is 10.2. The minimum atomic E-state index is -5.19. The second-order valence-electron chi connectivity index (χ2n) is 7.76. The average Bonchev–Trinajstić information content (AvgIpc) is 3.23. The van der Waals surface area contributed by atoms with Crippen LogP contribution in [0.25, 0.3) is 16.6 Å². The Kier molecular flexibility index (Phi) is 7.20. The fourth-order valence-corrected chi connectivity index (χ4v) is 3.41. The largest absolute Gasteiger partial charge is 0.542 e. The molecule has 2 aromatic carbocycles. The lowest BCUT2D eigenvalue weighted by Gasteiger charge is -2.30. The molecule has 0 saturated carbocycles. The highest BCUT2D eigenvalue weighted by molar-refractivity contribution is 6.04. The molecule has 0 unspecified atom stereocenters. The summed E-state index contributed by atoms with van der Waals surface area (Å²) >= 11 is 0. The topological polar surface area (TPSA) is 126 Å². The highest BCUT2D eigenvalue weighted by Gasteiger charge is 2.28. The maximum Gasteiger partial charge on any atom is 0.430 e. The van der Waals surface area contributed by atoms with Crippen LogP contribution in [0, 0.1) is 0 Å². The Morgan fingerprint density at radius 1 is 1.06 bits per heavy atom. The van der Waals surface area contributed by atoms with Gasteiger partial charge in [0.1, 0.15) is 11.5 Å². The third-order valence-electron chi connectivity index (χ3n) is 5.32. The Labute approximate surface area is 192 Å². The molecular weight excluding hydrogens is 455 g/mol. The summed E-state index contributed by atoms with van der Waals surface area (Å²) in [6.07, 6.45) is -3.35. The van der Waals surface area contributed by atoms with Crippen molar-refractivity contribution in [1.29, 1.82) is 0 Å². The van der Waals surface area contributed by atoms with Gasteiger partial charge in [-0.1, -0.05) is 12.1 Å². The van der Waals surface area contributed by atoms with E-state index in [4.69, 9.17) is 15.6 Å². The van der Waals surface area contributed by atoms with Gasteiger partial charge in [0.2, 0.25) is 0 Å². The van der Waals surface area contributed by atoms with Crippen molar-refractivity contribution in [3.8, 4) is 5.69 Å². The summed E-state index contributed by atoms with van der Waals surface area (Å²) in [5.41, 5.74) is 7.90. The number of likely N-dealkylation sites (N-methyl/N-ethyl adjacent to an activating group) is 1. The van der Waals surface area contributed by atoms with E-state index in [1.54, 1.807) is 16.8 Å². The molecule has 180 valence electrons. The summed E-state index contributed by atoms with van der Waals surface area (Å²) in [5, 5.41) is 14.1. The van der Waals surface area contributed by atoms with E-state index in [9.17, 15) is 22.8 Å². The number of rotatable bonds is 3. The van der Waals surface area contributed by atoms with E-state index in [1.807, 2.05) is 41.4 Å². The lowest BCUT2D eigenvalue weighted by molar-refractivity contribution is -0.883. The summed E-state index contributed by atoms with van der Waals surface area (Å²) in [6.45, 7) is 3.53. The van der Waals surface area contributed by atoms with Crippen molar-refractivity contribution in [2.24, 2.45) is 5.73 Å². The number of alkyl halides is 3. The molecule has 0 spiro atoms. The van der Waals surface area contributed by atoms with Gasteiger partial charge in [0, 0.05) is 17.1 Å². The van der Waals surface area contributed by atoms with Crippen molar-refractivity contribution in [2.75, 3.05) is 33.2 Å². The van der Waals surface area contributed by atoms with Gasteiger partial charge in [-0.25, -0.2) is 4.68 Å². The number of aromatic nitrogens is 2. The number of hydrogen-bond acceptors (Lipinski definition) is 5. The van der Waals surface area contributed by atoms with E-state index in [0.717, 1.165) is 37.3 Å². The molecule has 2 heterocycles. The minimum absolute atomic E-state index is 0.0655. The lowest BCUT2D eigenvalue weighted by Crippen LogP contribution is -3.12. The van der Waals surface area contributed by atoms with Crippen LogP contribution in [-0.4, -0.2) is 71.9 Å². The first-order valence-electron chi connectivity index (χ1n) is 10.2. The average molecular weight is 477 g/mol. The Bertz CT molecular complexity index is 1200. The number of carbonyl (C=O) groups is 3. The molecule has 1 fully saturated rings. The molecule has 12 heteroatoms. The fourth-order valence-electron chi connectivity index (χ4n) is 3.41. The van der Waals surface area contributed by atoms with Crippen LogP contribution in [0.15, 0.2) is 48.7 Å². The monoisotopic (exact) mass is 477 g/mol. The molecule has 0 atom stereocenters. The van der Waals surface area contributed by atoms with E-state index in [2.05, 4.69) is 12.1 Å². The number of benzene rings is 2. The molecule has 3 N–H and O–H groups in total. The zero-order valence-electron chi connectivity index (χ0n) is 18.1. The Morgan fingerprint density at radius 2 is 1.65 bits per heavy atom. The zero-order valence-corrected chi connectivity index (χ0v) is 18.1. The maximum atomic E-state index is 12.7. The highest BCUT2D eigenvalue weighted by atomic mass is 19.4. The number of carbonyl (C=O) groups excluding carboxylic acids is 3. The number of piperazine rings is 1. The van der Waals surface area contributed by atoms with Gasteiger partial charge in [0.05, 0.1) is 44.5 Å². The third kappa shape index (κ3) is 5.70. The van der Waals surface area contributed by atoms with Crippen molar-refractivity contribution in [3.05, 3.63) is 59.8 Å². The molecule has 0 bridgehead atoms.